The molecule has 1 amide bonds. The van der Waals surface area contributed by atoms with Gasteiger partial charge in [0, 0.05) is 0 Å². The Morgan fingerprint density at radius 1 is 1.55 bits per heavy atom. The molecule has 3 heterocycles. The lowest BCUT2D eigenvalue weighted by Gasteiger charge is -2.30. The van der Waals surface area contributed by atoms with E-state index in [9.17, 15) is 19.4 Å². The number of hydrogen-bond acceptors (Lipinski definition) is 7. The van der Waals surface area contributed by atoms with E-state index in [1.54, 1.807) is 6.92 Å². The van der Waals surface area contributed by atoms with Gasteiger partial charge in [0.15, 0.2) is 12.1 Å². The number of aliphatic hydroxyl groups is 2. The fourth-order valence-corrected chi connectivity index (χ4v) is 2.29. The third kappa shape index (κ3) is 1.58. The fourth-order valence-electron chi connectivity index (χ4n) is 2.29. The Hall–Kier alpha value is -1.91. The number of nitrogens with zero attached hydrogens (tertiary/aromatic N) is 3. The van der Waals surface area contributed by atoms with Crippen LogP contribution in [0.1, 0.15) is 6.92 Å². The Morgan fingerprint density at radius 3 is 2.85 bits per heavy atom. The lowest BCUT2D eigenvalue weighted by molar-refractivity contribution is -0.127. The second-order valence-corrected chi connectivity index (χ2v) is 4.73. The number of carbonyl (C=O) groups excluding carboxylic acids is 1. The van der Waals surface area contributed by atoms with Crippen LogP contribution in [0.3, 0.4) is 0 Å². The highest BCUT2D eigenvalue weighted by Crippen LogP contribution is 2.32. The van der Waals surface area contributed by atoms with Crippen molar-refractivity contribution in [3.63, 3.8) is 0 Å². The van der Waals surface area contributed by atoms with E-state index in [0.29, 0.717) is 0 Å². The third-order valence-electron chi connectivity index (χ3n) is 3.40. The van der Waals surface area contributed by atoms with E-state index in [1.165, 1.54) is 0 Å². The summed E-state index contributed by atoms with van der Waals surface area (Å²) in [5, 5.41) is 28.8. The summed E-state index contributed by atoms with van der Waals surface area (Å²) in [6.07, 6.45) is -3.30. The first kappa shape index (κ1) is 13.1. The molecule has 1 saturated heterocycles. The monoisotopic (exact) mass is 285 g/mol. The lowest BCUT2D eigenvalue weighted by Crippen LogP contribution is -2.58. The number of guanidine groups is 1. The lowest BCUT2D eigenvalue weighted by atomic mass is 10.1. The van der Waals surface area contributed by atoms with Gasteiger partial charge in [-0.2, -0.15) is 9.38 Å². The molecule has 3 aliphatic heterocycles. The highest BCUT2D eigenvalue weighted by molar-refractivity contribution is 6.25. The molecule has 108 valence electrons. The molecule has 1 unspecified atom stereocenters. The number of rotatable bonds is 1. The third-order valence-corrected chi connectivity index (χ3v) is 3.40. The zero-order chi connectivity index (χ0) is 14.7. The first-order chi connectivity index (χ1) is 9.34. The minimum Gasteiger partial charge on any atom is -0.388 e. The maximum atomic E-state index is 14.5. The van der Waals surface area contributed by atoms with Crippen LogP contribution in [0, 0.1) is 5.41 Å². The van der Waals surface area contributed by atoms with Gasteiger partial charge < -0.3 is 14.9 Å². The van der Waals surface area contributed by atoms with Crippen LogP contribution in [0.2, 0.25) is 0 Å². The molecule has 0 aliphatic carbocycles. The molecule has 0 radical (unpaired) electrons. The number of hydrogen-bond donors (Lipinski definition) is 4. The van der Waals surface area contributed by atoms with Crippen LogP contribution in [-0.2, 0) is 9.53 Å². The standard InChI is InChI=1S/C10H12FN5O4/c1-3-4(17)5(18)6(20-3)16-2-13-10(11)7(16)14-9(12)15-8(10)19/h2-6,17-18H,1H3,(H2,12,15,19)/t3-,4-,5-,6-,10?/m1/s1. The van der Waals surface area contributed by atoms with Crippen LogP contribution in [-0.4, -0.2) is 69.5 Å². The highest BCUT2D eigenvalue weighted by Gasteiger charge is 2.57. The van der Waals surface area contributed by atoms with E-state index < -0.39 is 48.0 Å². The number of aliphatic hydroxyl groups excluding tert-OH is 2. The molecule has 5 atom stereocenters. The molecule has 0 aromatic carbocycles. The minimum absolute atomic E-state index is 0.461. The van der Waals surface area contributed by atoms with Gasteiger partial charge in [-0.25, -0.2) is 4.99 Å². The van der Waals surface area contributed by atoms with E-state index in [2.05, 4.69) is 9.98 Å². The Labute approximate surface area is 112 Å². The Bertz CT molecular complexity index is 552. The largest absolute Gasteiger partial charge is 0.388 e. The Balaban J connectivity index is 1.96. The number of aliphatic imine (C=N–C) groups is 2. The molecule has 10 heteroatoms. The number of nitrogens with one attached hydrogen (secondary N) is 2. The molecule has 3 aliphatic rings. The molecular formula is C10H12FN5O4. The second kappa shape index (κ2) is 4.04. The maximum absolute atomic E-state index is 14.5. The Morgan fingerprint density at radius 2 is 2.25 bits per heavy atom. The van der Waals surface area contributed by atoms with Gasteiger partial charge in [-0.3, -0.25) is 20.4 Å². The van der Waals surface area contributed by atoms with Crippen molar-refractivity contribution in [2.75, 3.05) is 0 Å². The Kier molecular flexibility index (Phi) is 2.64. The normalized spacial score (nSPS) is 43.6. The van der Waals surface area contributed by atoms with Crippen LogP contribution < -0.4 is 5.32 Å². The van der Waals surface area contributed by atoms with E-state index in [4.69, 9.17) is 10.1 Å². The van der Waals surface area contributed by atoms with Crippen molar-refractivity contribution in [2.45, 2.75) is 37.3 Å². The number of amides is 1. The smallest absolute Gasteiger partial charge is 0.338 e. The van der Waals surface area contributed by atoms with E-state index in [-0.39, 0.29) is 0 Å². The average Bonchev–Trinajstić information content (AvgIpc) is 2.84. The van der Waals surface area contributed by atoms with Crippen LogP contribution in [0.25, 0.3) is 0 Å². The van der Waals surface area contributed by atoms with Gasteiger partial charge in [0.05, 0.1) is 12.4 Å². The van der Waals surface area contributed by atoms with Crippen molar-refractivity contribution in [3.05, 3.63) is 0 Å². The van der Waals surface area contributed by atoms with Gasteiger partial charge in [-0.15, -0.1) is 0 Å². The summed E-state index contributed by atoms with van der Waals surface area (Å²) < 4.78 is 19.8. The molecule has 0 aromatic rings. The summed E-state index contributed by atoms with van der Waals surface area (Å²) in [7, 11) is 0. The van der Waals surface area contributed by atoms with Crippen molar-refractivity contribution in [2.24, 2.45) is 9.98 Å². The molecule has 0 spiro atoms. The first-order valence-electron chi connectivity index (χ1n) is 5.88. The first-order valence-corrected chi connectivity index (χ1v) is 5.88. The van der Waals surface area contributed by atoms with Crippen molar-refractivity contribution >= 4 is 24.0 Å². The van der Waals surface area contributed by atoms with Gasteiger partial charge in [0.2, 0.25) is 5.96 Å². The average molecular weight is 285 g/mol. The number of ether oxygens (including phenoxy) is 1. The van der Waals surface area contributed by atoms with E-state index in [1.807, 2.05) is 5.32 Å². The second-order valence-electron chi connectivity index (χ2n) is 4.73. The van der Waals surface area contributed by atoms with E-state index in [0.717, 1.165) is 11.2 Å². The molecule has 3 rings (SSSR count). The molecule has 0 aromatic heterocycles. The summed E-state index contributed by atoms with van der Waals surface area (Å²) in [6, 6.07) is 0. The molecule has 4 N–H and O–H groups in total. The van der Waals surface area contributed by atoms with Crippen LogP contribution in [0.15, 0.2) is 9.98 Å². The summed E-state index contributed by atoms with van der Waals surface area (Å²) in [5.74, 6) is -4.87. The predicted molar refractivity (Wildman–Crippen MR) is 63.8 cm³/mol. The molecule has 20 heavy (non-hydrogen) atoms. The van der Waals surface area contributed by atoms with Crippen molar-refractivity contribution in [3.8, 4) is 0 Å². The number of halogens is 1. The van der Waals surface area contributed by atoms with Gasteiger partial charge >= 0.3 is 5.79 Å². The summed E-state index contributed by atoms with van der Waals surface area (Å²) in [4.78, 5) is 19.6. The maximum Gasteiger partial charge on any atom is 0.338 e. The molecule has 9 nitrogen and oxygen atoms in total. The number of alkyl halides is 1. The van der Waals surface area contributed by atoms with Gasteiger partial charge in [-0.1, -0.05) is 0 Å². The van der Waals surface area contributed by atoms with Crippen molar-refractivity contribution in [1.82, 2.24) is 10.2 Å². The number of fused-ring (bicyclic) bond motifs is 1. The topological polar surface area (TPSA) is 131 Å². The van der Waals surface area contributed by atoms with Crippen molar-refractivity contribution < 1.29 is 24.1 Å². The van der Waals surface area contributed by atoms with Gasteiger partial charge in [0.1, 0.15) is 12.2 Å². The number of amidine groups is 1. The van der Waals surface area contributed by atoms with Crippen molar-refractivity contribution in [1.29, 1.82) is 5.41 Å². The van der Waals surface area contributed by atoms with Gasteiger partial charge in [0.25, 0.3) is 5.91 Å². The minimum atomic E-state index is -2.75. The highest BCUT2D eigenvalue weighted by atomic mass is 19.1. The molecule has 1 fully saturated rings. The summed E-state index contributed by atoms with van der Waals surface area (Å²) >= 11 is 0. The quantitative estimate of drug-likeness (QED) is 0.411. The van der Waals surface area contributed by atoms with Crippen LogP contribution >= 0.6 is 0 Å². The molecular weight excluding hydrogens is 273 g/mol. The number of carbonyl (C=O) groups is 1. The van der Waals surface area contributed by atoms with Gasteiger partial charge in [-0.05, 0) is 6.92 Å². The van der Waals surface area contributed by atoms with Crippen LogP contribution in [0.4, 0.5) is 4.39 Å². The predicted octanol–water partition coefficient (Wildman–Crippen LogP) is -2.07. The summed E-state index contributed by atoms with van der Waals surface area (Å²) in [6.45, 7) is 1.54. The van der Waals surface area contributed by atoms with Crippen LogP contribution in [0.5, 0.6) is 0 Å². The SMILES string of the molecule is C[C@H]1O[C@@H](N2C=NC3(F)C(=O)NC(=N)N=C23)[C@H](O)[C@@H]1O. The summed E-state index contributed by atoms with van der Waals surface area (Å²) in [5.41, 5.74) is 0. The fraction of sp³-hybridized carbons (Fsp3) is 0.600. The molecule has 0 saturated carbocycles. The zero-order valence-electron chi connectivity index (χ0n) is 10.3. The van der Waals surface area contributed by atoms with E-state index >= 15 is 0 Å². The zero-order valence-corrected chi connectivity index (χ0v) is 10.3. The molecule has 0 bridgehead atoms.